The van der Waals surface area contributed by atoms with Crippen molar-refractivity contribution in [3.05, 3.63) is 30.1 Å². The second-order valence-electron chi connectivity index (χ2n) is 11.7. The van der Waals surface area contributed by atoms with Gasteiger partial charge >= 0.3 is 17.9 Å². The van der Waals surface area contributed by atoms with Gasteiger partial charge in [-0.1, -0.05) is 25.7 Å². The number of unbranched alkanes of at least 4 members (excludes halogenated alkanes) is 5. The Morgan fingerprint density at radius 3 is 2.50 bits per heavy atom. The van der Waals surface area contributed by atoms with Crippen LogP contribution in [-0.2, 0) is 22.4 Å². The average molecular weight is 589 g/mol. The van der Waals surface area contributed by atoms with Crippen LogP contribution >= 0.6 is 0 Å². The first-order chi connectivity index (χ1) is 20.3. The molecule has 2 aliphatic rings. The van der Waals surface area contributed by atoms with Crippen molar-refractivity contribution in [2.75, 3.05) is 60.2 Å². The monoisotopic (exact) mass is 588 g/mol. The number of ether oxygens (including phenoxy) is 1. The van der Waals surface area contributed by atoms with Gasteiger partial charge < -0.3 is 25.5 Å². The van der Waals surface area contributed by atoms with Crippen LogP contribution in [0.5, 0.6) is 6.01 Å². The predicted molar refractivity (Wildman–Crippen MR) is 158 cm³/mol. The van der Waals surface area contributed by atoms with Gasteiger partial charge in [-0.15, -0.1) is 0 Å². The Morgan fingerprint density at radius 2 is 1.81 bits per heavy atom. The lowest BCUT2D eigenvalue weighted by Crippen LogP contribution is -2.51. The van der Waals surface area contributed by atoms with Crippen molar-refractivity contribution in [1.82, 2.24) is 44.9 Å². The zero-order valence-electron chi connectivity index (χ0n) is 25.0. The van der Waals surface area contributed by atoms with E-state index in [4.69, 9.17) is 10.5 Å². The van der Waals surface area contributed by atoms with Crippen LogP contribution < -0.4 is 15.8 Å². The third kappa shape index (κ3) is 10.1. The molecule has 0 saturated carbocycles. The van der Waals surface area contributed by atoms with E-state index in [9.17, 15) is 14.7 Å². The van der Waals surface area contributed by atoms with E-state index < -0.39 is 24.0 Å². The summed E-state index contributed by atoms with van der Waals surface area (Å²) in [7, 11) is 4.23. The molecule has 4 heterocycles. The van der Waals surface area contributed by atoms with E-state index in [1.807, 2.05) is 7.05 Å². The van der Waals surface area contributed by atoms with Gasteiger partial charge in [0.05, 0.1) is 37.2 Å². The number of aliphatic carboxylic acids is 1. The Hall–Kier alpha value is -2.88. The molecule has 0 aromatic carbocycles. The third-order valence-electron chi connectivity index (χ3n) is 7.95. The van der Waals surface area contributed by atoms with Crippen molar-refractivity contribution in [3.8, 4) is 6.01 Å². The summed E-state index contributed by atoms with van der Waals surface area (Å²) in [5, 5.41) is 13.3. The number of H-pyrrole nitrogens is 2. The summed E-state index contributed by atoms with van der Waals surface area (Å²) in [6.45, 7) is 7.15. The van der Waals surface area contributed by atoms with Crippen molar-refractivity contribution in [2.24, 2.45) is 5.73 Å². The fourth-order valence-electron chi connectivity index (χ4n) is 5.63. The topological polar surface area (TPSA) is 172 Å². The maximum Gasteiger partial charge on any atom is 0.331 e. The second kappa shape index (κ2) is 16.1. The molecule has 3 atom stereocenters. The number of rotatable bonds is 18. The van der Waals surface area contributed by atoms with Gasteiger partial charge in [0.2, 0.25) is 0 Å². The van der Waals surface area contributed by atoms with Crippen LogP contribution in [0.15, 0.2) is 18.7 Å². The van der Waals surface area contributed by atoms with Crippen molar-refractivity contribution in [1.29, 1.82) is 0 Å². The smallest absolute Gasteiger partial charge is 0.331 e. The minimum Gasteiger partial charge on any atom is -0.480 e. The summed E-state index contributed by atoms with van der Waals surface area (Å²) in [6.07, 6.45) is 12.4. The fourth-order valence-corrected chi connectivity index (χ4v) is 5.63. The Balaban J connectivity index is 1.16. The molecule has 2 aromatic heterocycles. The number of carboxylic acids is 1. The molecule has 0 bridgehead atoms. The molecule has 0 amide bonds. The summed E-state index contributed by atoms with van der Waals surface area (Å²) in [5.41, 5.74) is 7.06. The minimum atomic E-state index is -0.951. The van der Waals surface area contributed by atoms with E-state index in [1.54, 1.807) is 12.4 Å². The van der Waals surface area contributed by atoms with Gasteiger partial charge in [-0.05, 0) is 33.5 Å². The van der Waals surface area contributed by atoms with Crippen LogP contribution in [0.4, 0.5) is 0 Å². The number of hydrogen-bond donors (Lipinski definition) is 5. The van der Waals surface area contributed by atoms with E-state index in [1.165, 1.54) is 58.1 Å². The molecule has 6 N–H and O–H groups in total. The first kappa shape index (κ1) is 32.0. The van der Waals surface area contributed by atoms with E-state index in [2.05, 4.69) is 51.9 Å². The third-order valence-corrected chi connectivity index (χ3v) is 7.95. The normalized spacial score (nSPS) is 20.3. The molecule has 42 heavy (non-hydrogen) atoms. The zero-order valence-corrected chi connectivity index (χ0v) is 25.0. The zero-order chi connectivity index (χ0) is 29.9. The maximum atomic E-state index is 12.3. The van der Waals surface area contributed by atoms with Crippen molar-refractivity contribution in [2.45, 2.75) is 69.6 Å². The van der Waals surface area contributed by atoms with E-state index in [0.29, 0.717) is 11.4 Å². The number of nitrogens with one attached hydrogen (secondary N) is 3. The molecule has 4 rings (SSSR count). The molecular formula is C28H48N10O4. The summed E-state index contributed by atoms with van der Waals surface area (Å²) in [6, 6.07) is -1.75. The molecule has 2 fully saturated rings. The largest absolute Gasteiger partial charge is 0.480 e. The molecule has 14 nitrogen and oxygen atoms in total. The molecule has 2 aliphatic heterocycles. The molecule has 0 radical (unpaired) electrons. The number of aromatic nitrogens is 4. The number of carboxylic acid groups (broad SMARTS) is 1. The predicted octanol–water partition coefficient (Wildman–Crippen LogP) is 0.270. The van der Waals surface area contributed by atoms with Crippen molar-refractivity contribution < 1.29 is 19.4 Å². The second-order valence-corrected chi connectivity index (χ2v) is 11.7. The van der Waals surface area contributed by atoms with Gasteiger partial charge in [0, 0.05) is 51.4 Å². The van der Waals surface area contributed by atoms with E-state index in [-0.39, 0.29) is 25.0 Å². The highest BCUT2D eigenvalue weighted by atomic mass is 16.5. The SMILES string of the molecule is CN1CCN(CCCCCCCCN2CN(C)CC2NC(Cc2c[nH]c(OC(=O)C(N)Cc3c[nH]cn3)n2)C(=O)O)C1. The number of imidazole rings is 2. The highest BCUT2D eigenvalue weighted by Gasteiger charge is 2.32. The average Bonchev–Trinajstić information content (AvgIpc) is 3.75. The van der Waals surface area contributed by atoms with E-state index >= 15 is 0 Å². The van der Waals surface area contributed by atoms with Crippen molar-refractivity contribution in [3.63, 3.8) is 0 Å². The first-order valence-electron chi connectivity index (χ1n) is 15.1. The molecule has 3 unspecified atom stereocenters. The van der Waals surface area contributed by atoms with Crippen LogP contribution in [0.3, 0.4) is 0 Å². The number of nitrogens with zero attached hydrogens (tertiary/aromatic N) is 6. The Bertz CT molecular complexity index is 1100. The van der Waals surface area contributed by atoms with Gasteiger partial charge in [-0.3, -0.25) is 29.7 Å². The number of aromatic amines is 2. The number of likely N-dealkylation sites (N-methyl/N-ethyl adjacent to an activating group) is 2. The summed E-state index contributed by atoms with van der Waals surface area (Å²) in [4.78, 5) is 47.8. The fraction of sp³-hybridized carbons (Fsp3) is 0.714. The highest BCUT2D eigenvalue weighted by molar-refractivity contribution is 5.77. The van der Waals surface area contributed by atoms with Gasteiger partial charge in [0.25, 0.3) is 0 Å². The lowest BCUT2D eigenvalue weighted by molar-refractivity contribution is -0.140. The van der Waals surface area contributed by atoms with Crippen LogP contribution in [0, 0.1) is 0 Å². The maximum absolute atomic E-state index is 12.3. The molecular weight excluding hydrogens is 540 g/mol. The molecule has 0 spiro atoms. The number of hydrogen-bond acceptors (Lipinski definition) is 11. The van der Waals surface area contributed by atoms with Gasteiger partial charge in [0.1, 0.15) is 12.1 Å². The molecule has 2 saturated heterocycles. The number of esters is 1. The minimum absolute atomic E-state index is 0.0116. The van der Waals surface area contributed by atoms with Crippen LogP contribution in [0.25, 0.3) is 0 Å². The molecule has 234 valence electrons. The summed E-state index contributed by atoms with van der Waals surface area (Å²) in [5.74, 6) is -1.60. The molecule has 2 aromatic rings. The Kier molecular flexibility index (Phi) is 12.3. The van der Waals surface area contributed by atoms with Crippen LogP contribution in [0.1, 0.15) is 49.9 Å². The summed E-state index contributed by atoms with van der Waals surface area (Å²) >= 11 is 0. The molecule has 14 heteroatoms. The first-order valence-corrected chi connectivity index (χ1v) is 15.1. The Labute approximate surface area is 248 Å². The number of carbonyl (C=O) groups is 2. The standard InChI is InChI=1S/C28H48N10O4/c1-35-11-12-37(19-35)9-7-5-3-4-6-8-10-38-20-36(2)17-25(38)34-24(26(39)40)14-22-16-31-28(33-22)42-27(41)23(29)13-21-15-30-18-32-21/h15-16,18,23-25,34H,3-14,17,19-20,29H2,1-2H3,(H,30,32)(H,31,33)(H,39,40). The van der Waals surface area contributed by atoms with Gasteiger partial charge in [-0.25, -0.2) is 14.8 Å². The molecule has 0 aliphatic carbocycles. The number of carbonyl (C=O) groups excluding carboxylic acids is 1. The quantitative estimate of drug-likeness (QED) is 0.119. The lowest BCUT2D eigenvalue weighted by Gasteiger charge is -2.27. The van der Waals surface area contributed by atoms with Gasteiger partial charge in [0.15, 0.2) is 0 Å². The van der Waals surface area contributed by atoms with Crippen LogP contribution in [0.2, 0.25) is 0 Å². The van der Waals surface area contributed by atoms with Crippen LogP contribution in [-0.4, -0.2) is 135 Å². The summed E-state index contributed by atoms with van der Waals surface area (Å²) < 4.78 is 5.27. The highest BCUT2D eigenvalue weighted by Crippen LogP contribution is 2.15. The van der Waals surface area contributed by atoms with Gasteiger partial charge in [-0.2, -0.15) is 0 Å². The van der Waals surface area contributed by atoms with Crippen molar-refractivity contribution >= 4 is 11.9 Å². The Morgan fingerprint density at radius 1 is 1.05 bits per heavy atom. The lowest BCUT2D eigenvalue weighted by atomic mass is 10.1. The van der Waals surface area contributed by atoms with E-state index in [0.717, 1.165) is 32.8 Å². The number of nitrogens with two attached hydrogens (primary N) is 1.